The van der Waals surface area contributed by atoms with Crippen molar-refractivity contribution in [2.45, 2.75) is 39.5 Å². The lowest BCUT2D eigenvalue weighted by Gasteiger charge is -2.17. The predicted octanol–water partition coefficient (Wildman–Crippen LogP) is 2.47. The van der Waals surface area contributed by atoms with Gasteiger partial charge in [-0.25, -0.2) is 9.67 Å². The van der Waals surface area contributed by atoms with Gasteiger partial charge in [0.05, 0.1) is 22.0 Å². The molecule has 0 saturated heterocycles. The molecule has 200 valence electrons. The number of aryl methyl sites for hydroxylation is 1. The third-order valence-electron chi connectivity index (χ3n) is 5.20. The minimum atomic E-state index is -4.78. The standard InChI is InChI=1S/C23H20BClF3N9O2/c1-11(2)30-20(38)15-8-13(24)7-12(3)18(15)31-21(39)17-9-14(10-36-34-22(32-35-36)23(26,27)28)33-37(17)19-16(25)5-4-6-29-19/h4-9,11H,10H2,1-3H3,(H,30,38)(H,31,39). The van der Waals surface area contributed by atoms with Crippen LogP contribution in [0.3, 0.4) is 0 Å². The molecule has 2 N–H and O–H groups in total. The first kappa shape index (κ1) is 27.8. The van der Waals surface area contributed by atoms with Crippen molar-refractivity contribution in [1.29, 1.82) is 0 Å². The lowest BCUT2D eigenvalue weighted by molar-refractivity contribution is -0.145. The number of pyridine rings is 1. The molecule has 2 radical (unpaired) electrons. The highest BCUT2D eigenvalue weighted by Crippen LogP contribution is 2.26. The van der Waals surface area contributed by atoms with Crippen LogP contribution in [0, 0.1) is 6.92 Å². The van der Waals surface area contributed by atoms with Gasteiger partial charge in [0.15, 0.2) is 5.82 Å². The fourth-order valence-electron chi connectivity index (χ4n) is 3.61. The molecule has 3 heterocycles. The Hall–Kier alpha value is -4.27. The summed E-state index contributed by atoms with van der Waals surface area (Å²) in [6, 6.07) is 7.27. The summed E-state index contributed by atoms with van der Waals surface area (Å²) in [5, 5.41) is 19.7. The Labute approximate surface area is 226 Å². The molecule has 0 saturated carbocycles. The smallest absolute Gasteiger partial charge is 0.350 e. The highest BCUT2D eigenvalue weighted by Gasteiger charge is 2.37. The normalized spacial score (nSPS) is 11.6. The minimum Gasteiger partial charge on any atom is -0.350 e. The molecular formula is C23H20BClF3N9O2. The lowest BCUT2D eigenvalue weighted by Crippen LogP contribution is -2.32. The molecule has 2 amide bonds. The molecule has 0 spiro atoms. The molecule has 0 atom stereocenters. The molecule has 0 aliphatic rings. The number of nitrogens with one attached hydrogen (secondary N) is 2. The van der Waals surface area contributed by atoms with Gasteiger partial charge in [-0.2, -0.15) is 23.1 Å². The van der Waals surface area contributed by atoms with E-state index < -0.39 is 23.8 Å². The van der Waals surface area contributed by atoms with Crippen LogP contribution in [0.1, 0.15) is 51.8 Å². The number of hydrogen-bond donors (Lipinski definition) is 2. The zero-order valence-electron chi connectivity index (χ0n) is 20.8. The van der Waals surface area contributed by atoms with Crippen LogP contribution in [0.2, 0.25) is 5.02 Å². The summed E-state index contributed by atoms with van der Waals surface area (Å²) < 4.78 is 39.8. The first-order chi connectivity index (χ1) is 18.3. The van der Waals surface area contributed by atoms with E-state index in [0.717, 1.165) is 4.68 Å². The van der Waals surface area contributed by atoms with Gasteiger partial charge in [-0.05, 0) is 49.7 Å². The predicted molar refractivity (Wildman–Crippen MR) is 135 cm³/mol. The molecule has 3 aromatic heterocycles. The molecule has 4 rings (SSSR count). The lowest BCUT2D eigenvalue weighted by atomic mass is 9.90. The van der Waals surface area contributed by atoms with E-state index >= 15 is 0 Å². The van der Waals surface area contributed by atoms with Gasteiger partial charge in [0, 0.05) is 12.2 Å². The summed E-state index contributed by atoms with van der Waals surface area (Å²) in [5.74, 6) is -2.48. The maximum absolute atomic E-state index is 13.6. The van der Waals surface area contributed by atoms with Crippen LogP contribution >= 0.6 is 11.6 Å². The zero-order valence-corrected chi connectivity index (χ0v) is 21.5. The van der Waals surface area contributed by atoms with Crippen LogP contribution < -0.4 is 16.1 Å². The van der Waals surface area contributed by atoms with Crippen LogP contribution in [-0.4, -0.2) is 60.7 Å². The van der Waals surface area contributed by atoms with Crippen LogP contribution in [0.15, 0.2) is 36.5 Å². The van der Waals surface area contributed by atoms with Crippen molar-refractivity contribution < 1.29 is 22.8 Å². The number of nitrogens with zero attached hydrogens (tertiary/aromatic N) is 7. The van der Waals surface area contributed by atoms with Crippen molar-refractivity contribution in [3.05, 3.63) is 69.9 Å². The summed E-state index contributed by atoms with van der Waals surface area (Å²) in [5.41, 5.74) is 1.23. The van der Waals surface area contributed by atoms with Crippen LogP contribution in [0.25, 0.3) is 5.82 Å². The molecule has 1 aromatic carbocycles. The number of halogens is 4. The average molecular weight is 558 g/mol. The number of tetrazole rings is 1. The Morgan fingerprint density at radius 2 is 1.90 bits per heavy atom. The van der Waals surface area contributed by atoms with E-state index in [4.69, 9.17) is 19.4 Å². The number of rotatable bonds is 7. The summed E-state index contributed by atoms with van der Waals surface area (Å²) in [7, 11) is 5.94. The summed E-state index contributed by atoms with van der Waals surface area (Å²) in [6.07, 6.45) is -3.35. The maximum Gasteiger partial charge on any atom is 0.455 e. The Morgan fingerprint density at radius 1 is 1.15 bits per heavy atom. The van der Waals surface area contributed by atoms with E-state index in [-0.39, 0.29) is 46.1 Å². The molecular weight excluding hydrogens is 538 g/mol. The Morgan fingerprint density at radius 3 is 2.54 bits per heavy atom. The molecule has 0 fully saturated rings. The van der Waals surface area contributed by atoms with Crippen LogP contribution in [-0.2, 0) is 12.7 Å². The molecule has 11 nitrogen and oxygen atoms in total. The quantitative estimate of drug-likeness (QED) is 0.334. The summed E-state index contributed by atoms with van der Waals surface area (Å²) in [4.78, 5) is 31.3. The Balaban J connectivity index is 1.74. The highest BCUT2D eigenvalue weighted by atomic mass is 35.5. The summed E-state index contributed by atoms with van der Waals surface area (Å²) in [6.45, 7) is 4.90. The second-order valence-corrected chi connectivity index (χ2v) is 9.13. The van der Waals surface area contributed by atoms with Crippen LogP contribution in [0.5, 0.6) is 0 Å². The molecule has 39 heavy (non-hydrogen) atoms. The van der Waals surface area contributed by atoms with Gasteiger partial charge >= 0.3 is 6.18 Å². The van der Waals surface area contributed by atoms with E-state index in [1.807, 2.05) is 0 Å². The fourth-order valence-corrected chi connectivity index (χ4v) is 3.81. The second-order valence-electron chi connectivity index (χ2n) is 8.73. The first-order valence-electron chi connectivity index (χ1n) is 11.4. The van der Waals surface area contributed by atoms with E-state index in [0.29, 0.717) is 15.8 Å². The number of alkyl halides is 3. The van der Waals surface area contributed by atoms with E-state index in [2.05, 4.69) is 36.1 Å². The highest BCUT2D eigenvalue weighted by molar-refractivity contribution is 6.33. The number of hydrogen-bond acceptors (Lipinski definition) is 7. The number of anilines is 1. The number of carbonyl (C=O) groups excluding carboxylic acids is 2. The van der Waals surface area contributed by atoms with Crippen molar-refractivity contribution in [3.63, 3.8) is 0 Å². The van der Waals surface area contributed by atoms with E-state index in [1.54, 1.807) is 32.9 Å². The third-order valence-corrected chi connectivity index (χ3v) is 5.50. The van der Waals surface area contributed by atoms with Crippen molar-refractivity contribution in [3.8, 4) is 5.82 Å². The van der Waals surface area contributed by atoms with Gasteiger partial charge in [-0.3, -0.25) is 9.59 Å². The largest absolute Gasteiger partial charge is 0.455 e. The molecule has 4 aromatic rings. The summed E-state index contributed by atoms with van der Waals surface area (Å²) >= 11 is 6.29. The Bertz CT molecular complexity index is 1550. The number of benzene rings is 1. The van der Waals surface area contributed by atoms with Crippen molar-refractivity contribution in [2.75, 3.05) is 5.32 Å². The monoisotopic (exact) mass is 557 g/mol. The van der Waals surface area contributed by atoms with Gasteiger partial charge in [0.2, 0.25) is 0 Å². The van der Waals surface area contributed by atoms with Gasteiger partial charge in [-0.15, -0.1) is 10.2 Å². The third kappa shape index (κ3) is 6.25. The van der Waals surface area contributed by atoms with E-state index in [9.17, 15) is 22.8 Å². The molecule has 0 aliphatic heterocycles. The van der Waals surface area contributed by atoms with Crippen molar-refractivity contribution in [1.82, 2.24) is 40.3 Å². The van der Waals surface area contributed by atoms with E-state index in [1.165, 1.54) is 24.4 Å². The number of aromatic nitrogens is 7. The minimum absolute atomic E-state index is 0.0757. The molecule has 0 bridgehead atoms. The second kappa shape index (κ2) is 10.8. The zero-order chi connectivity index (χ0) is 28.5. The van der Waals surface area contributed by atoms with Crippen LogP contribution in [0.4, 0.5) is 18.9 Å². The van der Waals surface area contributed by atoms with Gasteiger partial charge in [-0.1, -0.05) is 29.2 Å². The topological polar surface area (TPSA) is 133 Å². The first-order valence-corrected chi connectivity index (χ1v) is 11.8. The van der Waals surface area contributed by atoms with Gasteiger partial charge in [0.25, 0.3) is 17.6 Å². The molecule has 0 unspecified atom stereocenters. The fraction of sp³-hybridized carbons (Fsp3) is 0.261. The van der Waals surface area contributed by atoms with Crippen molar-refractivity contribution in [2.24, 2.45) is 0 Å². The van der Waals surface area contributed by atoms with Gasteiger partial charge in [0.1, 0.15) is 20.1 Å². The number of carbonyl (C=O) groups is 2. The SMILES string of the molecule is [B]c1cc(C)c(NC(=O)c2cc(Cn3nnc(C(F)(F)F)n3)nn2-c2ncccc2Cl)c(C(=O)NC(C)C)c1. The maximum atomic E-state index is 13.6. The molecule has 0 aliphatic carbocycles. The van der Waals surface area contributed by atoms with Crippen molar-refractivity contribution >= 4 is 42.4 Å². The van der Waals surface area contributed by atoms with Gasteiger partial charge < -0.3 is 10.6 Å². The Kier molecular flexibility index (Phi) is 7.72. The molecule has 16 heteroatoms. The average Bonchev–Trinajstić information content (AvgIpc) is 3.48. The number of amides is 2.